The topological polar surface area (TPSA) is 150 Å². The molecule has 0 unspecified atom stereocenters. The smallest absolute Gasteiger partial charge is 0.545 e. The fraction of sp³-hybridized carbons (Fsp3) is 0.0833. The second-order valence-corrected chi connectivity index (χ2v) is 8.16. The quantitative estimate of drug-likeness (QED) is 0.321. The Hall–Kier alpha value is -3.76. The molecule has 0 N–H and O–H groups in total. The van der Waals surface area contributed by atoms with Crippen molar-refractivity contribution in [1.29, 1.82) is 0 Å². The molecule has 4 aromatic rings. The number of halogens is 2. The zero-order chi connectivity index (χ0) is 26.6. The van der Waals surface area contributed by atoms with Crippen LogP contribution in [0.4, 0.5) is 0 Å². The van der Waals surface area contributed by atoms with Crippen LogP contribution in [-0.4, -0.2) is 31.0 Å². The zero-order valence-corrected chi connectivity index (χ0v) is 21.5. The standard InChI is InChI=1S/2C12H9ClN2O3.Cu/c2*1-7-10(12(17)18)11(16)15(6-14-7)9-4-2-8(13)3-5-9;/h2*2-6H,1H3,(H,17,18);/q;;+2/p-2. The van der Waals surface area contributed by atoms with Gasteiger partial charge in [-0.1, -0.05) is 23.2 Å². The molecule has 0 amide bonds. The Morgan fingerprint density at radius 3 is 1.24 bits per heavy atom. The van der Waals surface area contributed by atoms with Crippen LogP contribution in [0.5, 0.6) is 0 Å². The van der Waals surface area contributed by atoms with Gasteiger partial charge in [0.25, 0.3) is 11.1 Å². The van der Waals surface area contributed by atoms with E-state index in [1.807, 2.05) is 0 Å². The molecular formula is C24H16Cl2CuN4O6. The second-order valence-electron chi connectivity index (χ2n) is 7.29. The molecule has 0 spiro atoms. The van der Waals surface area contributed by atoms with Gasteiger partial charge in [0.15, 0.2) is 0 Å². The molecule has 193 valence electrons. The van der Waals surface area contributed by atoms with E-state index in [1.54, 1.807) is 48.5 Å². The minimum absolute atomic E-state index is 0. The SMILES string of the molecule is Cc1ncn(-c2ccc(Cl)cc2)c(=O)c1C(=O)[O-].Cc1ncn(-c2ccc(Cl)cc2)c(=O)c1C(=O)[O-].[Cu+2]. The molecule has 2 aromatic heterocycles. The molecule has 0 saturated heterocycles. The third-order valence-corrected chi connectivity index (χ3v) is 5.44. The summed E-state index contributed by atoms with van der Waals surface area (Å²) in [5.74, 6) is -3.07. The Bertz CT molecular complexity index is 1450. The van der Waals surface area contributed by atoms with E-state index in [0.29, 0.717) is 21.4 Å². The van der Waals surface area contributed by atoms with Gasteiger partial charge in [-0.15, -0.1) is 0 Å². The van der Waals surface area contributed by atoms with Gasteiger partial charge in [0.1, 0.15) is 12.7 Å². The number of benzene rings is 2. The largest absolute Gasteiger partial charge is 2.00 e. The molecule has 13 heteroatoms. The zero-order valence-electron chi connectivity index (χ0n) is 19.1. The van der Waals surface area contributed by atoms with E-state index in [-0.39, 0.29) is 28.5 Å². The fourth-order valence-electron chi connectivity index (χ4n) is 3.11. The van der Waals surface area contributed by atoms with Gasteiger partial charge in [-0.2, -0.15) is 0 Å². The van der Waals surface area contributed by atoms with Gasteiger partial charge in [0, 0.05) is 10.0 Å². The Balaban J connectivity index is 0.000000253. The number of aryl methyl sites for hydroxylation is 2. The average Bonchev–Trinajstić information content (AvgIpc) is 2.81. The van der Waals surface area contributed by atoms with Crippen molar-refractivity contribution in [2.24, 2.45) is 0 Å². The summed E-state index contributed by atoms with van der Waals surface area (Å²) in [6, 6.07) is 12.8. The van der Waals surface area contributed by atoms with Gasteiger partial charge in [0.2, 0.25) is 0 Å². The summed E-state index contributed by atoms with van der Waals surface area (Å²) in [5.41, 5.74) is -0.997. The number of rotatable bonds is 4. The fourth-order valence-corrected chi connectivity index (χ4v) is 3.37. The van der Waals surface area contributed by atoms with Crippen LogP contribution >= 0.6 is 23.2 Å². The Morgan fingerprint density at radius 1 is 0.676 bits per heavy atom. The maximum atomic E-state index is 12.0. The first-order valence-corrected chi connectivity index (χ1v) is 10.9. The maximum absolute atomic E-state index is 12.0. The molecule has 0 atom stereocenters. The Morgan fingerprint density at radius 2 is 0.973 bits per heavy atom. The van der Waals surface area contributed by atoms with E-state index in [2.05, 4.69) is 9.97 Å². The summed E-state index contributed by atoms with van der Waals surface area (Å²) >= 11 is 11.5. The molecule has 0 aliphatic carbocycles. The van der Waals surface area contributed by atoms with E-state index in [4.69, 9.17) is 23.2 Å². The van der Waals surface area contributed by atoms with Crippen LogP contribution in [0, 0.1) is 13.8 Å². The number of carboxylic acid groups (broad SMARTS) is 2. The van der Waals surface area contributed by atoms with E-state index in [1.165, 1.54) is 26.5 Å². The molecule has 37 heavy (non-hydrogen) atoms. The minimum Gasteiger partial charge on any atom is -0.545 e. The van der Waals surface area contributed by atoms with Crippen LogP contribution in [0.3, 0.4) is 0 Å². The van der Waals surface area contributed by atoms with Gasteiger partial charge in [-0.05, 0) is 62.4 Å². The molecule has 0 fully saturated rings. The van der Waals surface area contributed by atoms with Gasteiger partial charge >= 0.3 is 17.1 Å². The first-order chi connectivity index (χ1) is 17.0. The van der Waals surface area contributed by atoms with Crippen LogP contribution < -0.4 is 21.3 Å². The molecule has 0 aliphatic heterocycles. The van der Waals surface area contributed by atoms with Crippen LogP contribution in [0.1, 0.15) is 32.1 Å². The first-order valence-electron chi connectivity index (χ1n) is 10.1. The minimum atomic E-state index is -1.53. The summed E-state index contributed by atoms with van der Waals surface area (Å²) < 4.78 is 2.27. The van der Waals surface area contributed by atoms with Crippen molar-refractivity contribution < 1.29 is 36.9 Å². The van der Waals surface area contributed by atoms with E-state index >= 15 is 0 Å². The third-order valence-electron chi connectivity index (χ3n) is 4.94. The molecule has 0 bridgehead atoms. The molecule has 2 heterocycles. The van der Waals surface area contributed by atoms with Crippen LogP contribution in [-0.2, 0) is 17.1 Å². The van der Waals surface area contributed by atoms with Crippen LogP contribution in [0.25, 0.3) is 11.4 Å². The number of hydrogen-bond donors (Lipinski definition) is 0. The molecule has 10 nitrogen and oxygen atoms in total. The molecule has 2 aromatic carbocycles. The molecule has 0 saturated carbocycles. The summed E-state index contributed by atoms with van der Waals surface area (Å²) in [6.45, 7) is 2.89. The first kappa shape index (κ1) is 29.5. The summed E-state index contributed by atoms with van der Waals surface area (Å²) in [4.78, 5) is 53.5. The maximum Gasteiger partial charge on any atom is 2.00 e. The number of nitrogens with zero attached hydrogens (tertiary/aromatic N) is 4. The van der Waals surface area contributed by atoms with Crippen molar-refractivity contribution >= 4 is 35.1 Å². The second kappa shape index (κ2) is 12.5. The predicted molar refractivity (Wildman–Crippen MR) is 128 cm³/mol. The van der Waals surface area contributed by atoms with Crippen molar-refractivity contribution in [1.82, 2.24) is 19.1 Å². The van der Waals surface area contributed by atoms with Gasteiger partial charge < -0.3 is 19.8 Å². The van der Waals surface area contributed by atoms with Crippen LogP contribution in [0.2, 0.25) is 10.0 Å². The number of carbonyl (C=O) groups excluding carboxylic acids is 2. The molecule has 1 radical (unpaired) electrons. The van der Waals surface area contributed by atoms with Crippen LogP contribution in [0.15, 0.2) is 70.8 Å². The molecule has 4 rings (SSSR count). The Kier molecular flexibility index (Phi) is 9.93. The van der Waals surface area contributed by atoms with Gasteiger partial charge in [0.05, 0.1) is 45.8 Å². The van der Waals surface area contributed by atoms with Gasteiger partial charge in [-0.25, -0.2) is 9.97 Å². The Labute approximate surface area is 230 Å². The number of aromatic nitrogens is 4. The number of carboxylic acids is 2. The monoisotopic (exact) mass is 589 g/mol. The normalized spacial score (nSPS) is 10.1. The van der Waals surface area contributed by atoms with Crippen molar-refractivity contribution in [3.63, 3.8) is 0 Å². The van der Waals surface area contributed by atoms with E-state index in [9.17, 15) is 29.4 Å². The average molecular weight is 591 g/mol. The van der Waals surface area contributed by atoms with Crippen molar-refractivity contribution in [2.45, 2.75) is 13.8 Å². The van der Waals surface area contributed by atoms with E-state index < -0.39 is 34.2 Å². The van der Waals surface area contributed by atoms with E-state index in [0.717, 1.165) is 9.13 Å². The summed E-state index contributed by atoms with van der Waals surface area (Å²) in [7, 11) is 0. The summed E-state index contributed by atoms with van der Waals surface area (Å²) in [5, 5.41) is 22.8. The van der Waals surface area contributed by atoms with Crippen molar-refractivity contribution in [2.75, 3.05) is 0 Å². The molecular weight excluding hydrogens is 575 g/mol. The number of aromatic carboxylic acids is 2. The third kappa shape index (κ3) is 6.72. The predicted octanol–water partition coefficient (Wildman–Crippen LogP) is 1.11. The van der Waals surface area contributed by atoms with Crippen molar-refractivity contribution in [3.8, 4) is 11.4 Å². The van der Waals surface area contributed by atoms with Gasteiger partial charge in [-0.3, -0.25) is 18.7 Å². The number of carbonyl (C=O) groups is 2. The number of hydrogen-bond acceptors (Lipinski definition) is 8. The summed E-state index contributed by atoms with van der Waals surface area (Å²) in [6.07, 6.45) is 2.54. The molecule has 0 aliphatic rings. The van der Waals surface area contributed by atoms with Crippen molar-refractivity contribution in [3.05, 3.63) is 114 Å².